The van der Waals surface area contributed by atoms with Crippen molar-refractivity contribution < 1.29 is 4.79 Å². The summed E-state index contributed by atoms with van der Waals surface area (Å²) in [5.41, 5.74) is 4.02. The Bertz CT molecular complexity index is 885. The van der Waals surface area contributed by atoms with Gasteiger partial charge in [0.05, 0.1) is 0 Å². The minimum absolute atomic E-state index is 0.0198. The Morgan fingerprint density at radius 2 is 1.88 bits per heavy atom. The summed E-state index contributed by atoms with van der Waals surface area (Å²) in [5, 5.41) is 15.2. The third-order valence-corrected chi connectivity index (χ3v) is 4.50. The Morgan fingerprint density at radius 1 is 1.15 bits per heavy atom. The van der Waals surface area contributed by atoms with E-state index in [9.17, 15) is 4.79 Å². The molecule has 3 rings (SSSR count). The van der Waals surface area contributed by atoms with Crippen LogP contribution in [0, 0.1) is 6.92 Å². The number of amides is 1. The van der Waals surface area contributed by atoms with Crippen LogP contribution in [0.4, 0.5) is 5.69 Å². The number of nitrogens with zero attached hydrogens (tertiary/aromatic N) is 4. The molecular formula is C20H23N5O. The minimum Gasteiger partial charge on any atom is -0.324 e. The Kier molecular flexibility index (Phi) is 5.41. The molecule has 0 unspecified atom stereocenters. The van der Waals surface area contributed by atoms with Crippen molar-refractivity contribution in [2.24, 2.45) is 0 Å². The molecule has 26 heavy (non-hydrogen) atoms. The first-order valence-electron chi connectivity index (χ1n) is 8.80. The molecule has 0 aliphatic heterocycles. The maximum atomic E-state index is 12.2. The second-order valence-electron chi connectivity index (χ2n) is 6.44. The lowest BCUT2D eigenvalue weighted by Crippen LogP contribution is -2.20. The van der Waals surface area contributed by atoms with Crippen molar-refractivity contribution in [1.82, 2.24) is 20.2 Å². The van der Waals surface area contributed by atoms with Gasteiger partial charge in [-0.3, -0.25) is 4.79 Å². The van der Waals surface area contributed by atoms with E-state index in [1.807, 2.05) is 55.5 Å². The predicted octanol–water partition coefficient (Wildman–Crippen LogP) is 3.80. The molecule has 0 radical (unpaired) electrons. The maximum absolute atomic E-state index is 12.2. The van der Waals surface area contributed by atoms with E-state index in [0.29, 0.717) is 11.7 Å². The van der Waals surface area contributed by atoms with Crippen molar-refractivity contribution in [3.8, 4) is 11.4 Å². The molecule has 0 spiro atoms. The van der Waals surface area contributed by atoms with Gasteiger partial charge in [0.15, 0.2) is 0 Å². The van der Waals surface area contributed by atoms with Crippen LogP contribution >= 0.6 is 0 Å². The summed E-state index contributed by atoms with van der Waals surface area (Å²) in [6.45, 7) is 6.37. The molecule has 1 heterocycles. The number of carbonyl (C=O) groups excluding carboxylic acids is 1. The van der Waals surface area contributed by atoms with Gasteiger partial charge in [-0.2, -0.15) is 4.80 Å². The molecule has 134 valence electrons. The quantitative estimate of drug-likeness (QED) is 0.734. The van der Waals surface area contributed by atoms with Crippen molar-refractivity contribution in [2.45, 2.75) is 39.7 Å². The van der Waals surface area contributed by atoms with Gasteiger partial charge in [-0.15, -0.1) is 10.2 Å². The number of tetrazole rings is 1. The van der Waals surface area contributed by atoms with Gasteiger partial charge < -0.3 is 5.32 Å². The number of aryl methyl sites for hydroxylation is 1. The second-order valence-corrected chi connectivity index (χ2v) is 6.44. The van der Waals surface area contributed by atoms with Crippen molar-refractivity contribution in [3.05, 3.63) is 59.7 Å². The van der Waals surface area contributed by atoms with E-state index in [0.717, 1.165) is 23.2 Å². The summed E-state index contributed by atoms with van der Waals surface area (Å²) in [7, 11) is 0. The van der Waals surface area contributed by atoms with Crippen molar-refractivity contribution in [2.75, 3.05) is 5.32 Å². The molecule has 6 heteroatoms. The Labute approximate surface area is 153 Å². The topological polar surface area (TPSA) is 72.7 Å². The fraction of sp³-hybridized carbons (Fsp3) is 0.300. The zero-order chi connectivity index (χ0) is 18.5. The van der Waals surface area contributed by atoms with Crippen LogP contribution in [0.2, 0.25) is 0 Å². The van der Waals surface area contributed by atoms with E-state index < -0.39 is 0 Å². The fourth-order valence-electron chi connectivity index (χ4n) is 2.70. The first-order chi connectivity index (χ1) is 12.6. The smallest absolute Gasteiger partial charge is 0.248 e. The number of aromatic nitrogens is 4. The van der Waals surface area contributed by atoms with E-state index >= 15 is 0 Å². The lowest BCUT2D eigenvalue weighted by molar-refractivity contribution is -0.117. The van der Waals surface area contributed by atoms with Crippen molar-refractivity contribution in [1.29, 1.82) is 0 Å². The monoisotopic (exact) mass is 349 g/mol. The van der Waals surface area contributed by atoms with Crippen LogP contribution in [0.1, 0.15) is 37.3 Å². The van der Waals surface area contributed by atoms with Crippen LogP contribution in [0.5, 0.6) is 0 Å². The standard InChI is InChI=1S/C20H23N5O/c1-4-14(2)16-9-11-17(12-10-16)21-19(26)13-25-23-20(22-24-25)18-8-6-5-7-15(18)3/h5-12,14H,4,13H2,1-3H3,(H,21,26)/t14-/m0/s1. The highest BCUT2D eigenvalue weighted by atomic mass is 16.2. The summed E-state index contributed by atoms with van der Waals surface area (Å²) in [5.74, 6) is 0.850. The average Bonchev–Trinajstić information content (AvgIpc) is 3.10. The SMILES string of the molecule is CC[C@H](C)c1ccc(NC(=O)Cn2nnc(-c3ccccc3C)n2)cc1. The lowest BCUT2D eigenvalue weighted by Gasteiger charge is -2.10. The zero-order valence-corrected chi connectivity index (χ0v) is 15.3. The third kappa shape index (κ3) is 4.14. The number of nitrogens with one attached hydrogen (secondary N) is 1. The molecule has 0 fully saturated rings. The van der Waals surface area contributed by atoms with E-state index in [-0.39, 0.29) is 12.5 Å². The molecule has 1 N–H and O–H groups in total. The second kappa shape index (κ2) is 7.91. The van der Waals surface area contributed by atoms with Gasteiger partial charge in [0, 0.05) is 11.3 Å². The van der Waals surface area contributed by atoms with Gasteiger partial charge in [-0.25, -0.2) is 0 Å². The Balaban J connectivity index is 1.63. The summed E-state index contributed by atoms with van der Waals surface area (Å²) in [4.78, 5) is 13.5. The molecule has 1 amide bonds. The predicted molar refractivity (Wildman–Crippen MR) is 102 cm³/mol. The van der Waals surface area contributed by atoms with Crippen LogP contribution in [-0.2, 0) is 11.3 Å². The number of anilines is 1. The van der Waals surface area contributed by atoms with Crippen LogP contribution in [0.3, 0.4) is 0 Å². The first-order valence-corrected chi connectivity index (χ1v) is 8.80. The molecule has 1 atom stereocenters. The minimum atomic E-state index is -0.185. The number of carbonyl (C=O) groups is 1. The van der Waals surface area contributed by atoms with E-state index in [1.54, 1.807) is 0 Å². The summed E-state index contributed by atoms with van der Waals surface area (Å²) in [6, 6.07) is 15.8. The first kappa shape index (κ1) is 17.8. The van der Waals surface area contributed by atoms with Gasteiger partial charge >= 0.3 is 0 Å². The Hall–Kier alpha value is -3.02. The van der Waals surface area contributed by atoms with Gasteiger partial charge in [-0.1, -0.05) is 50.2 Å². The number of hydrogen-bond donors (Lipinski definition) is 1. The summed E-state index contributed by atoms with van der Waals surface area (Å²) >= 11 is 0. The third-order valence-electron chi connectivity index (χ3n) is 4.50. The molecule has 2 aromatic carbocycles. The molecule has 0 bridgehead atoms. The molecule has 0 aliphatic rings. The highest BCUT2D eigenvalue weighted by Crippen LogP contribution is 2.20. The van der Waals surface area contributed by atoms with Crippen LogP contribution in [-0.4, -0.2) is 26.1 Å². The molecular weight excluding hydrogens is 326 g/mol. The summed E-state index contributed by atoms with van der Waals surface area (Å²) < 4.78 is 0. The van der Waals surface area contributed by atoms with Gasteiger partial charge in [0.1, 0.15) is 6.54 Å². The number of hydrogen-bond acceptors (Lipinski definition) is 4. The fourth-order valence-corrected chi connectivity index (χ4v) is 2.70. The molecule has 0 aliphatic carbocycles. The van der Waals surface area contributed by atoms with Crippen molar-refractivity contribution >= 4 is 11.6 Å². The largest absolute Gasteiger partial charge is 0.324 e. The highest BCUT2D eigenvalue weighted by Gasteiger charge is 2.11. The van der Waals surface area contributed by atoms with Crippen molar-refractivity contribution in [3.63, 3.8) is 0 Å². The summed E-state index contributed by atoms with van der Waals surface area (Å²) in [6.07, 6.45) is 1.09. The molecule has 0 saturated heterocycles. The maximum Gasteiger partial charge on any atom is 0.248 e. The van der Waals surface area contributed by atoms with Crippen LogP contribution in [0.15, 0.2) is 48.5 Å². The van der Waals surface area contributed by atoms with Gasteiger partial charge in [0.25, 0.3) is 0 Å². The number of benzene rings is 2. The normalized spacial score (nSPS) is 12.0. The lowest BCUT2D eigenvalue weighted by atomic mass is 9.99. The van der Waals surface area contributed by atoms with E-state index in [4.69, 9.17) is 0 Å². The molecule has 6 nitrogen and oxygen atoms in total. The van der Waals surface area contributed by atoms with Crippen LogP contribution < -0.4 is 5.32 Å². The van der Waals surface area contributed by atoms with E-state index in [1.165, 1.54) is 10.4 Å². The Morgan fingerprint density at radius 3 is 2.58 bits per heavy atom. The molecule has 0 saturated carbocycles. The molecule has 1 aromatic heterocycles. The van der Waals surface area contributed by atoms with E-state index in [2.05, 4.69) is 34.6 Å². The molecule has 3 aromatic rings. The van der Waals surface area contributed by atoms with Gasteiger partial charge in [0.2, 0.25) is 11.7 Å². The average molecular weight is 349 g/mol. The zero-order valence-electron chi connectivity index (χ0n) is 15.3. The van der Waals surface area contributed by atoms with Crippen LogP contribution in [0.25, 0.3) is 11.4 Å². The number of rotatable bonds is 6. The van der Waals surface area contributed by atoms with Gasteiger partial charge in [-0.05, 0) is 47.7 Å². The highest BCUT2D eigenvalue weighted by molar-refractivity contribution is 5.90.